The van der Waals surface area contributed by atoms with Gasteiger partial charge in [-0.2, -0.15) is 0 Å². The summed E-state index contributed by atoms with van der Waals surface area (Å²) in [6, 6.07) is 10.5. The van der Waals surface area contributed by atoms with Crippen LogP contribution in [0.25, 0.3) is 16.8 Å². The minimum absolute atomic E-state index is 1.14. The zero-order valence-electron chi connectivity index (χ0n) is 8.05. The van der Waals surface area contributed by atoms with Gasteiger partial charge in [0.25, 0.3) is 0 Å². The molecule has 0 amide bonds. The quantitative estimate of drug-likeness (QED) is 0.693. The minimum Gasteiger partial charge on any atom is -0.0984 e. The van der Waals surface area contributed by atoms with Crippen LogP contribution in [0.15, 0.2) is 41.4 Å². The maximum absolute atomic E-state index is 3.83. The van der Waals surface area contributed by atoms with Crippen LogP contribution < -0.4 is 0 Å². The van der Waals surface area contributed by atoms with E-state index >= 15 is 0 Å². The lowest BCUT2D eigenvalue weighted by molar-refractivity contribution is 1.46. The van der Waals surface area contributed by atoms with Gasteiger partial charge < -0.3 is 0 Å². The van der Waals surface area contributed by atoms with Gasteiger partial charge in [-0.05, 0) is 44.8 Å². The molecule has 0 spiro atoms. The second-order valence-corrected chi connectivity index (χ2v) is 4.14. The summed E-state index contributed by atoms with van der Waals surface area (Å²) in [4.78, 5) is 0. The first kappa shape index (κ1) is 9.47. The summed E-state index contributed by atoms with van der Waals surface area (Å²) < 4.78 is 1.14. The van der Waals surface area contributed by atoms with E-state index in [1.807, 2.05) is 6.08 Å². The van der Waals surface area contributed by atoms with Gasteiger partial charge in [0.1, 0.15) is 0 Å². The molecule has 0 atom stereocenters. The van der Waals surface area contributed by atoms with Crippen molar-refractivity contribution < 1.29 is 0 Å². The Balaban J connectivity index is 2.92. The molecule has 0 aliphatic heterocycles. The van der Waals surface area contributed by atoms with Crippen LogP contribution in [0.2, 0.25) is 0 Å². The Bertz CT molecular complexity index is 498. The van der Waals surface area contributed by atoms with Gasteiger partial charge in [-0.25, -0.2) is 0 Å². The van der Waals surface area contributed by atoms with Crippen molar-refractivity contribution >= 4 is 32.8 Å². The van der Waals surface area contributed by atoms with Crippen molar-refractivity contribution in [3.05, 3.63) is 52.5 Å². The zero-order chi connectivity index (χ0) is 10.1. The molecule has 0 fully saturated rings. The normalized spacial score (nSPS) is 10.4. The molecule has 0 aliphatic rings. The van der Waals surface area contributed by atoms with Crippen molar-refractivity contribution in [2.45, 2.75) is 6.92 Å². The summed E-state index contributed by atoms with van der Waals surface area (Å²) in [5.41, 5.74) is 2.44. The number of fused-ring (bicyclic) bond motifs is 1. The minimum atomic E-state index is 1.14. The largest absolute Gasteiger partial charge is 0.0984 e. The predicted octanol–water partition coefficient (Wildman–Crippen LogP) is 4.55. The molecule has 2 aromatic carbocycles. The smallest absolute Gasteiger partial charge is 0.0328 e. The van der Waals surface area contributed by atoms with E-state index in [-0.39, 0.29) is 0 Å². The Kier molecular flexibility index (Phi) is 2.42. The summed E-state index contributed by atoms with van der Waals surface area (Å²) in [5.74, 6) is 0. The fourth-order valence-corrected chi connectivity index (χ4v) is 2.54. The van der Waals surface area contributed by atoms with Gasteiger partial charge in [0, 0.05) is 4.47 Å². The van der Waals surface area contributed by atoms with Crippen molar-refractivity contribution in [2.24, 2.45) is 0 Å². The highest BCUT2D eigenvalue weighted by atomic mass is 79.9. The van der Waals surface area contributed by atoms with Crippen molar-refractivity contribution in [2.75, 3.05) is 0 Å². The van der Waals surface area contributed by atoms with Crippen LogP contribution in [0.5, 0.6) is 0 Å². The van der Waals surface area contributed by atoms with Crippen molar-refractivity contribution in [1.29, 1.82) is 0 Å². The summed E-state index contributed by atoms with van der Waals surface area (Å²) in [6.45, 7) is 5.93. The Morgan fingerprint density at radius 1 is 1.29 bits per heavy atom. The van der Waals surface area contributed by atoms with Gasteiger partial charge in [0.2, 0.25) is 0 Å². The number of halogens is 1. The fraction of sp³-hybridized carbons (Fsp3) is 0.0769. The molecule has 0 aromatic heterocycles. The Morgan fingerprint density at radius 3 is 2.71 bits per heavy atom. The first-order chi connectivity index (χ1) is 6.74. The van der Waals surface area contributed by atoms with Gasteiger partial charge >= 0.3 is 0 Å². The first-order valence-corrected chi connectivity index (χ1v) is 5.33. The number of benzene rings is 2. The molecule has 1 heteroatoms. The zero-order valence-corrected chi connectivity index (χ0v) is 9.64. The third-order valence-electron chi connectivity index (χ3n) is 2.43. The molecule has 0 unspecified atom stereocenters. The summed E-state index contributed by atoms with van der Waals surface area (Å²) in [5, 5.41) is 2.51. The van der Waals surface area contributed by atoms with Gasteiger partial charge in [-0.15, -0.1) is 0 Å². The van der Waals surface area contributed by atoms with Crippen LogP contribution in [-0.2, 0) is 0 Å². The van der Waals surface area contributed by atoms with Crippen molar-refractivity contribution in [3.8, 4) is 0 Å². The summed E-state index contributed by atoms with van der Waals surface area (Å²) >= 11 is 3.62. The molecule has 0 radical (unpaired) electrons. The van der Waals surface area contributed by atoms with Gasteiger partial charge in [-0.3, -0.25) is 0 Å². The lowest BCUT2D eigenvalue weighted by Gasteiger charge is -2.07. The molecule has 2 rings (SSSR count). The van der Waals surface area contributed by atoms with Crippen LogP contribution in [0.1, 0.15) is 11.1 Å². The summed E-state index contributed by atoms with van der Waals surface area (Å²) in [6.07, 6.45) is 1.89. The second kappa shape index (κ2) is 3.58. The average molecular weight is 247 g/mol. The SMILES string of the molecule is C=Cc1c(C)cc2ccccc2c1Br. The topological polar surface area (TPSA) is 0 Å². The number of hydrogen-bond acceptors (Lipinski definition) is 0. The molecule has 0 heterocycles. The predicted molar refractivity (Wildman–Crippen MR) is 66.5 cm³/mol. The lowest BCUT2D eigenvalue weighted by Crippen LogP contribution is -1.85. The number of rotatable bonds is 1. The highest BCUT2D eigenvalue weighted by Gasteiger charge is 2.04. The van der Waals surface area contributed by atoms with Gasteiger partial charge in [-0.1, -0.05) is 43.0 Å². The molecule has 70 valence electrons. The Hall–Kier alpha value is -1.08. The first-order valence-electron chi connectivity index (χ1n) is 4.54. The van der Waals surface area contributed by atoms with E-state index in [9.17, 15) is 0 Å². The molecule has 2 aromatic rings. The van der Waals surface area contributed by atoms with Crippen LogP contribution >= 0.6 is 15.9 Å². The van der Waals surface area contributed by atoms with Gasteiger partial charge in [0.15, 0.2) is 0 Å². The van der Waals surface area contributed by atoms with Crippen LogP contribution in [-0.4, -0.2) is 0 Å². The molecule has 0 saturated heterocycles. The molecule has 0 N–H and O–H groups in total. The summed E-state index contributed by atoms with van der Waals surface area (Å²) in [7, 11) is 0. The Morgan fingerprint density at radius 2 is 2.00 bits per heavy atom. The molecule has 0 nitrogen and oxygen atoms in total. The maximum atomic E-state index is 3.83. The lowest BCUT2D eigenvalue weighted by atomic mass is 10.0. The van der Waals surface area contributed by atoms with E-state index in [1.54, 1.807) is 0 Å². The number of aryl methyl sites for hydroxylation is 1. The van der Waals surface area contributed by atoms with Crippen LogP contribution in [0.4, 0.5) is 0 Å². The van der Waals surface area contributed by atoms with E-state index in [2.05, 4.69) is 59.8 Å². The third kappa shape index (κ3) is 1.38. The van der Waals surface area contributed by atoms with Gasteiger partial charge in [0.05, 0.1) is 0 Å². The van der Waals surface area contributed by atoms with E-state index in [0.29, 0.717) is 0 Å². The third-order valence-corrected chi connectivity index (χ3v) is 3.29. The van der Waals surface area contributed by atoms with Crippen molar-refractivity contribution in [1.82, 2.24) is 0 Å². The van der Waals surface area contributed by atoms with Crippen molar-refractivity contribution in [3.63, 3.8) is 0 Å². The second-order valence-electron chi connectivity index (χ2n) is 3.35. The van der Waals surface area contributed by atoms with Crippen LogP contribution in [0.3, 0.4) is 0 Å². The fourth-order valence-electron chi connectivity index (χ4n) is 1.70. The van der Waals surface area contributed by atoms with Crippen LogP contribution in [0, 0.1) is 6.92 Å². The molecule has 14 heavy (non-hydrogen) atoms. The average Bonchev–Trinajstić information content (AvgIpc) is 2.18. The Labute approximate surface area is 92.4 Å². The van der Waals surface area contributed by atoms with E-state index in [0.717, 1.165) is 4.47 Å². The number of hydrogen-bond donors (Lipinski definition) is 0. The maximum Gasteiger partial charge on any atom is 0.0328 e. The molecule has 0 aliphatic carbocycles. The molecular formula is C13H11Br. The standard InChI is InChI=1S/C13H11Br/c1-3-11-9(2)8-10-6-4-5-7-12(10)13(11)14/h3-8H,1H2,2H3. The molecule has 0 saturated carbocycles. The van der Waals surface area contributed by atoms with E-state index in [1.165, 1.54) is 21.9 Å². The highest BCUT2D eigenvalue weighted by molar-refractivity contribution is 9.10. The van der Waals surface area contributed by atoms with E-state index < -0.39 is 0 Å². The highest BCUT2D eigenvalue weighted by Crippen LogP contribution is 2.30. The molecule has 0 bridgehead atoms. The molecular weight excluding hydrogens is 236 g/mol. The van der Waals surface area contributed by atoms with E-state index in [4.69, 9.17) is 0 Å². The monoisotopic (exact) mass is 246 g/mol.